The van der Waals surface area contributed by atoms with Crippen LogP contribution in [0.5, 0.6) is 0 Å². The van der Waals surface area contributed by atoms with Crippen LogP contribution in [-0.4, -0.2) is 42.1 Å². The van der Waals surface area contributed by atoms with Crippen molar-refractivity contribution in [2.45, 2.75) is 38.6 Å². The van der Waals surface area contributed by atoms with E-state index >= 15 is 0 Å². The minimum Gasteiger partial charge on any atom is -0.378 e. The van der Waals surface area contributed by atoms with Gasteiger partial charge in [0.2, 0.25) is 11.0 Å². The van der Waals surface area contributed by atoms with Crippen molar-refractivity contribution in [3.63, 3.8) is 0 Å². The van der Waals surface area contributed by atoms with Gasteiger partial charge in [-0.2, -0.15) is 0 Å². The van der Waals surface area contributed by atoms with Gasteiger partial charge in [-0.05, 0) is 60.4 Å². The molecule has 1 aromatic heterocycles. The molecule has 4 rings (SSSR count). The first-order chi connectivity index (χ1) is 18.4. The summed E-state index contributed by atoms with van der Waals surface area (Å²) >= 11 is 1.30. The van der Waals surface area contributed by atoms with Crippen LogP contribution in [0, 0.1) is 0 Å². The Bertz CT molecular complexity index is 1340. The molecule has 0 fully saturated rings. The highest BCUT2D eigenvalue weighted by atomic mass is 32.1. The number of nitrogens with one attached hydrogen (secondary N) is 2. The van der Waals surface area contributed by atoms with Crippen molar-refractivity contribution in [2.24, 2.45) is 0 Å². The second kappa shape index (κ2) is 13.0. The van der Waals surface area contributed by atoms with Gasteiger partial charge in [0.1, 0.15) is 11.0 Å². The topological polar surface area (TPSA) is 87.2 Å². The van der Waals surface area contributed by atoms with Crippen LogP contribution >= 0.6 is 11.3 Å². The molecule has 0 saturated carbocycles. The minimum absolute atomic E-state index is 0.290. The molecule has 0 unspecified atom stereocenters. The van der Waals surface area contributed by atoms with Crippen LogP contribution in [-0.2, 0) is 17.6 Å². The third-order valence-electron chi connectivity index (χ3n) is 6.23. The summed E-state index contributed by atoms with van der Waals surface area (Å²) in [6.07, 6.45) is 3.57. The number of rotatable bonds is 11. The molecule has 0 bridgehead atoms. The lowest BCUT2D eigenvalue weighted by atomic mass is 10.0. The molecule has 1 atom stereocenters. The summed E-state index contributed by atoms with van der Waals surface area (Å²) in [5.41, 5.74) is 4.68. The summed E-state index contributed by atoms with van der Waals surface area (Å²) in [4.78, 5) is 28.4. The van der Waals surface area contributed by atoms with Gasteiger partial charge in [0.05, 0.1) is 0 Å². The molecule has 4 aromatic rings. The lowest BCUT2D eigenvalue weighted by Gasteiger charge is -2.18. The van der Waals surface area contributed by atoms with E-state index in [0.29, 0.717) is 22.1 Å². The van der Waals surface area contributed by atoms with E-state index in [1.165, 1.54) is 16.9 Å². The third kappa shape index (κ3) is 7.26. The Morgan fingerprint density at radius 3 is 2.26 bits per heavy atom. The molecule has 0 aliphatic carbocycles. The van der Waals surface area contributed by atoms with Gasteiger partial charge in [-0.1, -0.05) is 67.1 Å². The summed E-state index contributed by atoms with van der Waals surface area (Å²) in [6.45, 7) is 2.16. The monoisotopic (exact) mass is 527 g/mol. The van der Waals surface area contributed by atoms with Crippen molar-refractivity contribution in [3.05, 3.63) is 95.6 Å². The predicted octanol–water partition coefficient (Wildman–Crippen LogP) is 5.59. The summed E-state index contributed by atoms with van der Waals surface area (Å²) in [5, 5.41) is 15.3. The molecule has 8 heteroatoms. The van der Waals surface area contributed by atoms with E-state index in [0.717, 1.165) is 36.1 Å². The average molecular weight is 528 g/mol. The molecule has 3 aromatic carbocycles. The molecule has 1 heterocycles. The van der Waals surface area contributed by atoms with Crippen molar-refractivity contribution in [1.82, 2.24) is 15.5 Å². The van der Waals surface area contributed by atoms with E-state index in [4.69, 9.17) is 0 Å². The summed E-state index contributed by atoms with van der Waals surface area (Å²) < 4.78 is 0. The van der Waals surface area contributed by atoms with E-state index in [1.54, 1.807) is 0 Å². The summed E-state index contributed by atoms with van der Waals surface area (Å²) in [6, 6.07) is 24.4. The number of hydrogen-bond acceptors (Lipinski definition) is 6. The highest BCUT2D eigenvalue weighted by molar-refractivity contribution is 7.18. The molecule has 0 saturated heterocycles. The largest absolute Gasteiger partial charge is 0.378 e. The van der Waals surface area contributed by atoms with Crippen LogP contribution in [0.15, 0.2) is 78.9 Å². The number of aromatic nitrogens is 2. The third-order valence-corrected chi connectivity index (χ3v) is 7.11. The van der Waals surface area contributed by atoms with Gasteiger partial charge < -0.3 is 10.2 Å². The SMILES string of the molecule is CCCCc1ccc(C(=O)N[C@@H](Cc2ccccc2)C(=O)Nc2nnc(-c3ccc(N(C)C)cc3)s2)cc1. The number of hydrogen-bond donors (Lipinski definition) is 2. The Hall–Kier alpha value is -4.04. The normalized spacial score (nSPS) is 11.6. The van der Waals surface area contributed by atoms with Gasteiger partial charge in [-0.15, -0.1) is 10.2 Å². The van der Waals surface area contributed by atoms with Crippen molar-refractivity contribution in [3.8, 4) is 10.6 Å². The highest BCUT2D eigenvalue weighted by Gasteiger charge is 2.23. The number of amides is 2. The molecule has 2 N–H and O–H groups in total. The van der Waals surface area contributed by atoms with Gasteiger partial charge in [0.15, 0.2) is 0 Å². The molecule has 0 radical (unpaired) electrons. The first-order valence-electron chi connectivity index (χ1n) is 12.8. The zero-order valence-electron chi connectivity index (χ0n) is 22.0. The Labute approximate surface area is 227 Å². The summed E-state index contributed by atoms with van der Waals surface area (Å²) in [5.74, 6) is -0.630. The molecule has 0 aliphatic rings. The van der Waals surface area contributed by atoms with E-state index in [1.807, 2.05) is 97.9 Å². The molecule has 0 aliphatic heterocycles. The van der Waals surface area contributed by atoms with Crippen LogP contribution in [0.3, 0.4) is 0 Å². The lowest BCUT2D eigenvalue weighted by Crippen LogP contribution is -2.45. The number of aryl methyl sites for hydroxylation is 1. The number of benzene rings is 3. The molecule has 7 nitrogen and oxygen atoms in total. The molecule has 0 spiro atoms. The fourth-order valence-corrected chi connectivity index (χ4v) is 4.74. The fraction of sp³-hybridized carbons (Fsp3) is 0.267. The number of carbonyl (C=O) groups excluding carboxylic acids is 2. The van der Waals surface area contributed by atoms with Gasteiger partial charge in [0, 0.05) is 37.3 Å². The highest BCUT2D eigenvalue weighted by Crippen LogP contribution is 2.28. The maximum atomic E-state index is 13.3. The Kier molecular flexibility index (Phi) is 9.21. The lowest BCUT2D eigenvalue weighted by molar-refractivity contribution is -0.118. The second-order valence-electron chi connectivity index (χ2n) is 9.36. The molecule has 2 amide bonds. The van der Waals surface area contributed by atoms with E-state index in [9.17, 15) is 9.59 Å². The molecular weight excluding hydrogens is 494 g/mol. The maximum Gasteiger partial charge on any atom is 0.251 e. The zero-order chi connectivity index (χ0) is 26.9. The average Bonchev–Trinajstić information content (AvgIpc) is 3.40. The van der Waals surface area contributed by atoms with Gasteiger partial charge >= 0.3 is 0 Å². The van der Waals surface area contributed by atoms with Crippen LogP contribution in [0.1, 0.15) is 41.3 Å². The zero-order valence-corrected chi connectivity index (χ0v) is 22.8. The number of anilines is 2. The maximum absolute atomic E-state index is 13.3. The van der Waals surface area contributed by atoms with Gasteiger partial charge in [0.25, 0.3) is 5.91 Å². The van der Waals surface area contributed by atoms with Gasteiger partial charge in [-0.25, -0.2) is 0 Å². The quantitative estimate of drug-likeness (QED) is 0.265. The van der Waals surface area contributed by atoms with Crippen LogP contribution in [0.4, 0.5) is 10.8 Å². The fourth-order valence-electron chi connectivity index (χ4n) is 3.99. The smallest absolute Gasteiger partial charge is 0.251 e. The van der Waals surface area contributed by atoms with Crippen molar-refractivity contribution >= 4 is 34.0 Å². The van der Waals surface area contributed by atoms with Crippen LogP contribution < -0.4 is 15.5 Å². The van der Waals surface area contributed by atoms with Crippen molar-refractivity contribution in [2.75, 3.05) is 24.3 Å². The number of carbonyl (C=O) groups is 2. The Morgan fingerprint density at radius 2 is 1.61 bits per heavy atom. The van der Waals surface area contributed by atoms with Crippen molar-refractivity contribution in [1.29, 1.82) is 0 Å². The number of unbranched alkanes of at least 4 members (excludes halogenated alkanes) is 1. The second-order valence-corrected chi connectivity index (χ2v) is 10.3. The Morgan fingerprint density at radius 1 is 0.895 bits per heavy atom. The molecular formula is C30H33N5O2S. The van der Waals surface area contributed by atoms with Crippen LogP contribution in [0.2, 0.25) is 0 Å². The predicted molar refractivity (Wildman–Crippen MR) is 155 cm³/mol. The molecule has 196 valence electrons. The standard InChI is InChI=1S/C30H33N5O2S/c1-4-5-9-21-12-14-23(15-13-21)27(36)31-26(20-22-10-7-6-8-11-22)28(37)32-30-34-33-29(38-30)24-16-18-25(19-17-24)35(2)3/h6-8,10-19,26H,4-5,9,20H2,1-3H3,(H,31,36)(H,32,34,37)/t26-/m0/s1. The van der Waals surface area contributed by atoms with E-state index in [2.05, 4.69) is 27.8 Å². The summed E-state index contributed by atoms with van der Waals surface area (Å²) in [7, 11) is 3.97. The minimum atomic E-state index is -0.781. The van der Waals surface area contributed by atoms with Crippen molar-refractivity contribution < 1.29 is 9.59 Å². The van der Waals surface area contributed by atoms with E-state index in [-0.39, 0.29) is 11.8 Å². The van der Waals surface area contributed by atoms with Gasteiger partial charge in [-0.3, -0.25) is 14.9 Å². The molecule has 38 heavy (non-hydrogen) atoms. The number of nitrogens with zero attached hydrogens (tertiary/aromatic N) is 3. The van der Waals surface area contributed by atoms with Crippen LogP contribution in [0.25, 0.3) is 10.6 Å². The first kappa shape index (κ1) is 27.0. The van der Waals surface area contributed by atoms with E-state index < -0.39 is 6.04 Å². The first-order valence-corrected chi connectivity index (χ1v) is 13.6. The Balaban J connectivity index is 1.47.